The lowest BCUT2D eigenvalue weighted by Gasteiger charge is -2.29. The van der Waals surface area contributed by atoms with E-state index >= 15 is 0 Å². The summed E-state index contributed by atoms with van der Waals surface area (Å²) in [7, 11) is 0. The zero-order chi connectivity index (χ0) is 14.9. The van der Waals surface area contributed by atoms with Gasteiger partial charge in [-0.05, 0) is 12.0 Å². The molecule has 1 saturated heterocycles. The maximum absolute atomic E-state index is 13.1. The third-order valence-corrected chi connectivity index (χ3v) is 4.72. The Morgan fingerprint density at radius 3 is 2.80 bits per heavy atom. The molecule has 1 fully saturated rings. The minimum atomic E-state index is -1.04. The molecule has 20 heavy (non-hydrogen) atoms. The smallest absolute Gasteiger partial charge is 0.327 e. The highest BCUT2D eigenvalue weighted by Gasteiger charge is 2.43. The number of carbonyl (C=O) groups excluding carboxylic acids is 1. The molecule has 2 unspecified atom stereocenters. The number of carboxylic acid groups (broad SMARTS) is 1. The van der Waals surface area contributed by atoms with Crippen LogP contribution in [0.4, 0.5) is 4.39 Å². The third-order valence-electron chi connectivity index (χ3n) is 3.10. The summed E-state index contributed by atoms with van der Waals surface area (Å²) >= 11 is 1.44. The van der Waals surface area contributed by atoms with E-state index in [4.69, 9.17) is 0 Å². The highest BCUT2D eigenvalue weighted by molar-refractivity contribution is 8.00. The van der Waals surface area contributed by atoms with Crippen molar-refractivity contribution in [3.05, 3.63) is 29.8 Å². The first kappa shape index (κ1) is 14.8. The van der Waals surface area contributed by atoms with Gasteiger partial charge in [0.05, 0.1) is 5.37 Å². The predicted molar refractivity (Wildman–Crippen MR) is 72.9 cm³/mol. The van der Waals surface area contributed by atoms with E-state index in [1.807, 2.05) is 13.8 Å². The Kier molecular flexibility index (Phi) is 4.27. The number of aliphatic carboxylic acids is 1. The quantitative estimate of drug-likeness (QED) is 0.862. The van der Waals surface area contributed by atoms with Crippen molar-refractivity contribution in [3.63, 3.8) is 0 Å². The number of amides is 1. The van der Waals surface area contributed by atoms with E-state index in [1.54, 1.807) is 0 Å². The normalized spacial score (nSPS) is 22.3. The molecule has 0 bridgehead atoms. The lowest BCUT2D eigenvalue weighted by Crippen LogP contribution is -2.47. The number of hydrogen-bond donors (Lipinski definition) is 1. The molecular weight excluding hydrogens is 283 g/mol. The van der Waals surface area contributed by atoms with E-state index in [0.717, 1.165) is 6.07 Å². The average Bonchev–Trinajstić information content (AvgIpc) is 2.82. The van der Waals surface area contributed by atoms with Crippen molar-refractivity contribution in [2.75, 3.05) is 5.75 Å². The standard InChI is InChI=1S/C13H15FN2O3S/c1-7(2)12-16(9(6-20-12)13(18)19)11(17)8-3-4-15-10(14)5-8/h3-5,7,9,12H,6H2,1-2H3,(H,18,19). The van der Waals surface area contributed by atoms with Crippen LogP contribution in [0.15, 0.2) is 18.3 Å². The van der Waals surface area contributed by atoms with Gasteiger partial charge in [-0.25, -0.2) is 9.78 Å². The SMILES string of the molecule is CC(C)C1SCC(C(=O)O)N1C(=O)c1ccnc(F)c1. The number of aromatic nitrogens is 1. The van der Waals surface area contributed by atoms with E-state index in [2.05, 4.69) is 4.98 Å². The summed E-state index contributed by atoms with van der Waals surface area (Å²) < 4.78 is 13.1. The fourth-order valence-electron chi connectivity index (χ4n) is 2.17. The van der Waals surface area contributed by atoms with E-state index in [-0.39, 0.29) is 16.9 Å². The van der Waals surface area contributed by atoms with Crippen LogP contribution in [0, 0.1) is 11.9 Å². The molecule has 1 N–H and O–H groups in total. The minimum absolute atomic E-state index is 0.111. The van der Waals surface area contributed by atoms with E-state index in [0.29, 0.717) is 5.75 Å². The lowest BCUT2D eigenvalue weighted by molar-refractivity contribution is -0.141. The number of carbonyl (C=O) groups is 2. The summed E-state index contributed by atoms with van der Waals surface area (Å²) in [5.41, 5.74) is 0.122. The zero-order valence-electron chi connectivity index (χ0n) is 11.1. The number of carboxylic acids is 1. The fraction of sp³-hybridized carbons (Fsp3) is 0.462. The number of nitrogens with zero attached hydrogens (tertiary/aromatic N) is 2. The van der Waals surface area contributed by atoms with Crippen LogP contribution in [-0.4, -0.2) is 44.0 Å². The first-order valence-electron chi connectivity index (χ1n) is 6.20. The summed E-state index contributed by atoms with van der Waals surface area (Å²) in [6.45, 7) is 3.85. The molecule has 108 valence electrons. The largest absolute Gasteiger partial charge is 0.480 e. The second kappa shape index (κ2) is 5.78. The molecule has 2 heterocycles. The molecule has 1 aliphatic rings. The highest BCUT2D eigenvalue weighted by Crippen LogP contribution is 2.35. The average molecular weight is 298 g/mol. The number of pyridine rings is 1. The molecule has 1 amide bonds. The maximum atomic E-state index is 13.1. The van der Waals surface area contributed by atoms with E-state index in [1.165, 1.54) is 28.9 Å². The summed E-state index contributed by atoms with van der Waals surface area (Å²) in [4.78, 5) is 28.5. The summed E-state index contributed by atoms with van der Waals surface area (Å²) in [6.07, 6.45) is 1.20. The maximum Gasteiger partial charge on any atom is 0.327 e. The van der Waals surface area contributed by atoms with Crippen LogP contribution in [0.1, 0.15) is 24.2 Å². The molecule has 7 heteroatoms. The van der Waals surface area contributed by atoms with Gasteiger partial charge in [0.25, 0.3) is 5.91 Å². The summed E-state index contributed by atoms with van der Waals surface area (Å²) in [5, 5.41) is 9.02. The van der Waals surface area contributed by atoms with Gasteiger partial charge in [0, 0.05) is 23.6 Å². The van der Waals surface area contributed by atoms with Crippen LogP contribution in [-0.2, 0) is 4.79 Å². The summed E-state index contributed by atoms with van der Waals surface area (Å²) in [5.74, 6) is -1.81. The van der Waals surface area contributed by atoms with Crippen molar-refractivity contribution in [2.45, 2.75) is 25.3 Å². The monoisotopic (exact) mass is 298 g/mol. The van der Waals surface area contributed by atoms with Crippen molar-refractivity contribution in [1.82, 2.24) is 9.88 Å². The van der Waals surface area contributed by atoms with Crippen LogP contribution in [0.25, 0.3) is 0 Å². The number of rotatable bonds is 3. The molecule has 1 aromatic rings. The van der Waals surface area contributed by atoms with Crippen molar-refractivity contribution in [3.8, 4) is 0 Å². The van der Waals surface area contributed by atoms with Crippen molar-refractivity contribution in [2.24, 2.45) is 5.92 Å². The lowest BCUT2D eigenvalue weighted by atomic mass is 10.1. The zero-order valence-corrected chi connectivity index (χ0v) is 11.9. The molecule has 1 aliphatic heterocycles. The molecule has 0 radical (unpaired) electrons. The number of hydrogen-bond acceptors (Lipinski definition) is 4. The molecule has 5 nitrogen and oxygen atoms in total. The van der Waals surface area contributed by atoms with E-state index in [9.17, 15) is 19.1 Å². The van der Waals surface area contributed by atoms with Crippen molar-refractivity contribution in [1.29, 1.82) is 0 Å². The van der Waals surface area contributed by atoms with Crippen molar-refractivity contribution >= 4 is 23.6 Å². The molecule has 0 spiro atoms. The van der Waals surface area contributed by atoms with Gasteiger partial charge in [0.2, 0.25) is 5.95 Å². The van der Waals surface area contributed by atoms with Gasteiger partial charge in [0.15, 0.2) is 0 Å². The molecule has 0 saturated carbocycles. The van der Waals surface area contributed by atoms with E-state index < -0.39 is 23.9 Å². The van der Waals surface area contributed by atoms with Crippen LogP contribution >= 0.6 is 11.8 Å². The number of thioether (sulfide) groups is 1. The van der Waals surface area contributed by atoms with Crippen LogP contribution in [0.5, 0.6) is 0 Å². The highest BCUT2D eigenvalue weighted by atomic mass is 32.2. The van der Waals surface area contributed by atoms with Gasteiger partial charge >= 0.3 is 5.97 Å². The number of halogens is 1. The predicted octanol–water partition coefficient (Wildman–Crippen LogP) is 1.85. The summed E-state index contributed by atoms with van der Waals surface area (Å²) in [6, 6.07) is 1.54. The Labute approximate surface area is 120 Å². The Morgan fingerprint density at radius 1 is 1.55 bits per heavy atom. The minimum Gasteiger partial charge on any atom is -0.480 e. The van der Waals surface area contributed by atoms with Crippen LogP contribution < -0.4 is 0 Å². The van der Waals surface area contributed by atoms with Gasteiger partial charge in [-0.15, -0.1) is 11.8 Å². The second-order valence-electron chi connectivity index (χ2n) is 4.90. The Hall–Kier alpha value is -1.63. The Balaban J connectivity index is 2.34. The van der Waals surface area contributed by atoms with Gasteiger partial charge in [-0.1, -0.05) is 13.8 Å². The third kappa shape index (κ3) is 2.77. The van der Waals surface area contributed by atoms with Gasteiger partial charge in [0.1, 0.15) is 6.04 Å². The molecule has 2 atom stereocenters. The molecule has 1 aromatic heterocycles. The van der Waals surface area contributed by atoms with Crippen LogP contribution in [0.2, 0.25) is 0 Å². The Bertz CT molecular complexity index is 538. The van der Waals surface area contributed by atoms with Crippen molar-refractivity contribution < 1.29 is 19.1 Å². The second-order valence-corrected chi connectivity index (χ2v) is 6.05. The van der Waals surface area contributed by atoms with Crippen LogP contribution in [0.3, 0.4) is 0 Å². The van der Waals surface area contributed by atoms with Gasteiger partial charge < -0.3 is 10.0 Å². The first-order valence-corrected chi connectivity index (χ1v) is 7.25. The first-order chi connectivity index (χ1) is 9.41. The van der Waals surface area contributed by atoms with Gasteiger partial charge in [-0.2, -0.15) is 4.39 Å². The molecule has 0 aromatic carbocycles. The Morgan fingerprint density at radius 2 is 2.25 bits per heavy atom. The fourth-order valence-corrected chi connectivity index (χ4v) is 3.64. The molecule has 2 rings (SSSR count). The molecular formula is C13H15FN2O3S. The topological polar surface area (TPSA) is 70.5 Å². The molecule has 0 aliphatic carbocycles. The van der Waals surface area contributed by atoms with Gasteiger partial charge in [-0.3, -0.25) is 4.79 Å².